The standard InChI is InChI=1S/C19H31N/c1-2-17-11-13-19(14-12-17)16-20-15-7-6-10-18-8-4-3-5-9-18/h3-5,8-9,17,19-20H,2,6-7,10-16H2,1H3. The zero-order chi connectivity index (χ0) is 14.0. The van der Waals surface area contributed by atoms with Gasteiger partial charge in [0, 0.05) is 0 Å². The number of nitrogens with one attached hydrogen (secondary N) is 1. The number of benzene rings is 1. The molecule has 0 radical (unpaired) electrons. The van der Waals surface area contributed by atoms with Crippen molar-refractivity contribution in [3.05, 3.63) is 35.9 Å². The molecule has 1 aromatic rings. The van der Waals surface area contributed by atoms with E-state index in [1.807, 2.05) is 0 Å². The van der Waals surface area contributed by atoms with Gasteiger partial charge in [0.05, 0.1) is 0 Å². The SMILES string of the molecule is CCC1CCC(CNCCCCc2ccccc2)CC1. The summed E-state index contributed by atoms with van der Waals surface area (Å²) in [5.74, 6) is 1.98. The summed E-state index contributed by atoms with van der Waals surface area (Å²) in [6.45, 7) is 4.79. The molecule has 112 valence electrons. The summed E-state index contributed by atoms with van der Waals surface area (Å²) in [7, 11) is 0. The number of aryl methyl sites for hydroxylation is 1. The first-order chi connectivity index (χ1) is 9.88. The zero-order valence-electron chi connectivity index (χ0n) is 13.1. The van der Waals surface area contributed by atoms with E-state index >= 15 is 0 Å². The van der Waals surface area contributed by atoms with Gasteiger partial charge < -0.3 is 5.32 Å². The predicted molar refractivity (Wildman–Crippen MR) is 88.0 cm³/mol. The fourth-order valence-electron chi connectivity index (χ4n) is 3.37. The molecular formula is C19H31N. The third-order valence-corrected chi connectivity index (χ3v) is 4.89. The van der Waals surface area contributed by atoms with E-state index < -0.39 is 0 Å². The minimum atomic E-state index is 0.951. The molecule has 1 fully saturated rings. The Morgan fingerprint density at radius 1 is 0.950 bits per heavy atom. The fourth-order valence-corrected chi connectivity index (χ4v) is 3.37. The van der Waals surface area contributed by atoms with Crippen LogP contribution in [0.4, 0.5) is 0 Å². The monoisotopic (exact) mass is 273 g/mol. The van der Waals surface area contributed by atoms with Gasteiger partial charge in [0.25, 0.3) is 0 Å². The highest BCUT2D eigenvalue weighted by Gasteiger charge is 2.19. The number of hydrogen-bond acceptors (Lipinski definition) is 1. The summed E-state index contributed by atoms with van der Waals surface area (Å²) in [6, 6.07) is 10.8. The number of unbranched alkanes of at least 4 members (excludes halogenated alkanes) is 1. The summed E-state index contributed by atoms with van der Waals surface area (Å²) < 4.78 is 0. The minimum absolute atomic E-state index is 0.951. The van der Waals surface area contributed by atoms with Gasteiger partial charge >= 0.3 is 0 Å². The lowest BCUT2D eigenvalue weighted by Crippen LogP contribution is -2.27. The van der Waals surface area contributed by atoms with Crippen LogP contribution in [0.2, 0.25) is 0 Å². The minimum Gasteiger partial charge on any atom is -0.316 e. The van der Waals surface area contributed by atoms with Gasteiger partial charge in [-0.15, -0.1) is 0 Å². The lowest BCUT2D eigenvalue weighted by Gasteiger charge is -2.27. The van der Waals surface area contributed by atoms with Gasteiger partial charge in [-0.2, -0.15) is 0 Å². The van der Waals surface area contributed by atoms with E-state index in [-0.39, 0.29) is 0 Å². The smallest absolute Gasteiger partial charge is 0.00205 e. The Kier molecular flexibility index (Phi) is 7.14. The molecule has 0 unspecified atom stereocenters. The largest absolute Gasteiger partial charge is 0.316 e. The molecule has 1 heteroatoms. The maximum Gasteiger partial charge on any atom is -0.00205 e. The Labute approximate surface area is 125 Å². The Bertz CT molecular complexity index is 338. The van der Waals surface area contributed by atoms with Crippen molar-refractivity contribution in [3.8, 4) is 0 Å². The van der Waals surface area contributed by atoms with Crippen LogP contribution in [-0.4, -0.2) is 13.1 Å². The highest BCUT2D eigenvalue weighted by atomic mass is 14.9. The molecule has 0 bridgehead atoms. The van der Waals surface area contributed by atoms with Gasteiger partial charge in [0.1, 0.15) is 0 Å². The molecule has 0 spiro atoms. The van der Waals surface area contributed by atoms with Crippen molar-refractivity contribution in [1.29, 1.82) is 0 Å². The molecule has 0 atom stereocenters. The van der Waals surface area contributed by atoms with Crippen LogP contribution in [0.1, 0.15) is 57.4 Å². The maximum atomic E-state index is 3.67. The maximum absolute atomic E-state index is 3.67. The Balaban J connectivity index is 1.46. The topological polar surface area (TPSA) is 12.0 Å². The molecule has 1 aliphatic carbocycles. The van der Waals surface area contributed by atoms with Gasteiger partial charge in [0.2, 0.25) is 0 Å². The second-order valence-electron chi connectivity index (χ2n) is 6.44. The van der Waals surface area contributed by atoms with E-state index in [1.54, 1.807) is 0 Å². The number of rotatable bonds is 8. The van der Waals surface area contributed by atoms with Crippen LogP contribution in [0.15, 0.2) is 30.3 Å². The van der Waals surface area contributed by atoms with Crippen LogP contribution < -0.4 is 5.32 Å². The van der Waals surface area contributed by atoms with Crippen molar-refractivity contribution >= 4 is 0 Å². The molecule has 0 amide bonds. The van der Waals surface area contributed by atoms with E-state index in [0.717, 1.165) is 11.8 Å². The Hall–Kier alpha value is -0.820. The van der Waals surface area contributed by atoms with Crippen LogP contribution in [0.3, 0.4) is 0 Å². The van der Waals surface area contributed by atoms with Crippen LogP contribution in [0.5, 0.6) is 0 Å². The van der Waals surface area contributed by atoms with Crippen molar-refractivity contribution in [2.45, 2.75) is 58.3 Å². The van der Waals surface area contributed by atoms with Crippen molar-refractivity contribution in [1.82, 2.24) is 5.32 Å². The first-order valence-corrected chi connectivity index (χ1v) is 8.63. The molecule has 0 aromatic heterocycles. The van der Waals surface area contributed by atoms with Crippen molar-refractivity contribution in [3.63, 3.8) is 0 Å². The third-order valence-electron chi connectivity index (χ3n) is 4.89. The molecule has 1 aromatic carbocycles. The highest BCUT2D eigenvalue weighted by Crippen LogP contribution is 2.29. The average molecular weight is 273 g/mol. The fraction of sp³-hybridized carbons (Fsp3) is 0.684. The molecule has 1 N–H and O–H groups in total. The van der Waals surface area contributed by atoms with Gasteiger partial charge in [0.15, 0.2) is 0 Å². The molecule has 0 aliphatic heterocycles. The van der Waals surface area contributed by atoms with Gasteiger partial charge in [-0.1, -0.05) is 56.5 Å². The van der Waals surface area contributed by atoms with Crippen molar-refractivity contribution < 1.29 is 0 Å². The Morgan fingerprint density at radius 3 is 2.35 bits per heavy atom. The quantitative estimate of drug-likeness (QED) is 0.670. The second kappa shape index (κ2) is 9.18. The van der Waals surface area contributed by atoms with E-state index in [2.05, 4.69) is 42.6 Å². The molecule has 1 aliphatic rings. The zero-order valence-corrected chi connectivity index (χ0v) is 13.1. The summed E-state index contributed by atoms with van der Waals surface area (Å²) in [6.07, 6.45) is 11.1. The van der Waals surface area contributed by atoms with Gasteiger partial charge in [-0.3, -0.25) is 0 Å². The molecule has 0 saturated heterocycles. The first kappa shape index (κ1) is 15.6. The Morgan fingerprint density at radius 2 is 1.65 bits per heavy atom. The summed E-state index contributed by atoms with van der Waals surface area (Å²) in [5, 5.41) is 3.67. The summed E-state index contributed by atoms with van der Waals surface area (Å²) in [4.78, 5) is 0. The van der Waals surface area contributed by atoms with Crippen molar-refractivity contribution in [2.24, 2.45) is 11.8 Å². The second-order valence-corrected chi connectivity index (χ2v) is 6.44. The third kappa shape index (κ3) is 5.66. The van der Waals surface area contributed by atoms with Crippen LogP contribution >= 0.6 is 0 Å². The molecule has 1 saturated carbocycles. The van der Waals surface area contributed by atoms with Crippen LogP contribution in [0, 0.1) is 11.8 Å². The average Bonchev–Trinajstić information content (AvgIpc) is 2.52. The van der Waals surface area contributed by atoms with Crippen LogP contribution in [0.25, 0.3) is 0 Å². The molecule has 1 nitrogen and oxygen atoms in total. The van der Waals surface area contributed by atoms with E-state index in [0.29, 0.717) is 0 Å². The van der Waals surface area contributed by atoms with E-state index in [1.165, 1.54) is 70.0 Å². The summed E-state index contributed by atoms with van der Waals surface area (Å²) in [5.41, 5.74) is 1.48. The van der Waals surface area contributed by atoms with Gasteiger partial charge in [-0.25, -0.2) is 0 Å². The molecule has 20 heavy (non-hydrogen) atoms. The lowest BCUT2D eigenvalue weighted by molar-refractivity contribution is 0.262. The van der Waals surface area contributed by atoms with Crippen molar-refractivity contribution in [2.75, 3.05) is 13.1 Å². The molecule has 2 rings (SSSR count). The number of hydrogen-bond donors (Lipinski definition) is 1. The molecule has 0 heterocycles. The highest BCUT2D eigenvalue weighted by molar-refractivity contribution is 5.14. The normalized spacial score (nSPS) is 22.9. The lowest BCUT2D eigenvalue weighted by atomic mass is 9.81. The summed E-state index contributed by atoms with van der Waals surface area (Å²) >= 11 is 0. The van der Waals surface area contributed by atoms with E-state index in [4.69, 9.17) is 0 Å². The van der Waals surface area contributed by atoms with E-state index in [9.17, 15) is 0 Å². The van der Waals surface area contributed by atoms with Crippen LogP contribution in [-0.2, 0) is 6.42 Å². The predicted octanol–water partition coefficient (Wildman–Crippen LogP) is 4.82. The molecular weight excluding hydrogens is 242 g/mol. The van der Waals surface area contributed by atoms with Gasteiger partial charge in [-0.05, 0) is 62.6 Å². The first-order valence-electron chi connectivity index (χ1n) is 8.63.